The highest BCUT2D eigenvalue weighted by Crippen LogP contribution is 2.39. The van der Waals surface area contributed by atoms with Gasteiger partial charge in [0, 0.05) is 36.5 Å². The van der Waals surface area contributed by atoms with Crippen molar-refractivity contribution in [2.24, 2.45) is 5.73 Å². The Morgan fingerprint density at radius 1 is 1.65 bits per heavy atom. The van der Waals surface area contributed by atoms with Crippen LogP contribution < -0.4 is 5.73 Å². The molecule has 3 heterocycles. The molecule has 0 spiro atoms. The van der Waals surface area contributed by atoms with Gasteiger partial charge in [0.1, 0.15) is 17.1 Å². The van der Waals surface area contributed by atoms with Gasteiger partial charge in [-0.15, -0.1) is 23.5 Å². The van der Waals surface area contributed by atoms with E-state index in [-0.39, 0.29) is 17.0 Å². The van der Waals surface area contributed by atoms with Crippen molar-refractivity contribution in [2.45, 2.75) is 18.0 Å². The summed E-state index contributed by atoms with van der Waals surface area (Å²) in [6.07, 6.45) is 5.26. The molecular weight excluding hydrogens is 374 g/mol. The highest BCUT2D eigenvalue weighted by Gasteiger charge is 2.51. The van der Waals surface area contributed by atoms with Gasteiger partial charge in [0.2, 0.25) is 5.91 Å². The van der Waals surface area contributed by atoms with E-state index in [0.29, 0.717) is 11.3 Å². The third-order valence-corrected chi connectivity index (χ3v) is 6.26. The van der Waals surface area contributed by atoms with Crippen LogP contribution in [0, 0.1) is 0 Å². The zero-order valence-corrected chi connectivity index (χ0v) is 15.9. The number of H-pyrrole nitrogens is 1. The average molecular weight is 396 g/mol. The molecule has 0 aromatic carbocycles. The number of carbonyl (C=O) groups excluding carboxylic acids is 1. The van der Waals surface area contributed by atoms with Crippen LogP contribution in [-0.2, 0) is 16.1 Å². The zero-order valence-electron chi connectivity index (χ0n) is 14.3. The normalized spacial score (nSPS) is 22.9. The molecule has 140 valence electrons. The van der Waals surface area contributed by atoms with Gasteiger partial charge in [-0.1, -0.05) is 0 Å². The summed E-state index contributed by atoms with van der Waals surface area (Å²) >= 11 is 3.12. The van der Waals surface area contributed by atoms with E-state index in [9.17, 15) is 14.7 Å². The maximum Gasteiger partial charge on any atom is 0.352 e. The van der Waals surface area contributed by atoms with Crippen LogP contribution in [0.2, 0.25) is 0 Å². The number of nitrogens with one attached hydrogen (secondary N) is 1. The van der Waals surface area contributed by atoms with E-state index in [1.165, 1.54) is 16.7 Å². The number of fused-ring (bicyclic) bond motifs is 1. The van der Waals surface area contributed by atoms with E-state index >= 15 is 0 Å². The Bertz CT molecular complexity index is 734. The smallest absolute Gasteiger partial charge is 0.352 e. The van der Waals surface area contributed by atoms with Crippen molar-refractivity contribution in [1.29, 1.82) is 0 Å². The van der Waals surface area contributed by atoms with E-state index in [1.807, 2.05) is 12.5 Å². The van der Waals surface area contributed by atoms with Crippen LogP contribution in [0.3, 0.4) is 0 Å². The molecule has 0 aliphatic carbocycles. The molecule has 2 atom stereocenters. The molecule has 3 rings (SSSR count). The van der Waals surface area contributed by atoms with Crippen LogP contribution in [0.1, 0.15) is 5.69 Å². The van der Waals surface area contributed by atoms with Crippen molar-refractivity contribution in [3.05, 3.63) is 41.0 Å². The molecule has 1 aromatic rings. The number of aromatic amines is 1. The van der Waals surface area contributed by atoms with Crippen molar-refractivity contribution < 1.29 is 14.7 Å². The van der Waals surface area contributed by atoms with Gasteiger partial charge < -0.3 is 15.8 Å². The van der Waals surface area contributed by atoms with Crippen molar-refractivity contribution in [2.75, 3.05) is 25.1 Å². The molecule has 4 N–H and O–H groups in total. The lowest BCUT2D eigenvalue weighted by molar-refractivity contribution is -0.147. The highest BCUT2D eigenvalue weighted by atomic mass is 32.2. The van der Waals surface area contributed by atoms with E-state index in [4.69, 9.17) is 5.73 Å². The van der Waals surface area contributed by atoms with Crippen LogP contribution in [0.25, 0.3) is 0 Å². The van der Waals surface area contributed by atoms with E-state index in [0.717, 1.165) is 24.5 Å². The fraction of sp³-hybridized carbons (Fsp3) is 0.438. The van der Waals surface area contributed by atoms with Crippen molar-refractivity contribution in [1.82, 2.24) is 19.8 Å². The first kappa shape index (κ1) is 19.0. The third kappa shape index (κ3) is 3.98. The summed E-state index contributed by atoms with van der Waals surface area (Å²) in [4.78, 5) is 34.0. The number of aromatic nitrogens is 2. The maximum atomic E-state index is 11.9. The number of nitrogens with two attached hydrogens (primary N) is 1. The zero-order chi connectivity index (χ0) is 18.7. The van der Waals surface area contributed by atoms with Crippen LogP contribution >= 0.6 is 23.5 Å². The van der Waals surface area contributed by atoms with E-state index < -0.39 is 12.0 Å². The fourth-order valence-corrected chi connectivity index (χ4v) is 4.89. The molecule has 0 bridgehead atoms. The summed E-state index contributed by atoms with van der Waals surface area (Å²) in [5, 5.41) is 11.1. The largest absolute Gasteiger partial charge is 0.477 e. The van der Waals surface area contributed by atoms with Gasteiger partial charge in [-0.05, 0) is 24.1 Å². The van der Waals surface area contributed by atoms with E-state index in [2.05, 4.69) is 14.9 Å². The predicted octanol–water partition coefficient (Wildman–Crippen LogP) is 0.670. The molecule has 1 fully saturated rings. The molecule has 2 aliphatic heterocycles. The van der Waals surface area contributed by atoms with Gasteiger partial charge in [0.25, 0.3) is 0 Å². The molecule has 1 saturated heterocycles. The van der Waals surface area contributed by atoms with Crippen LogP contribution in [0.15, 0.2) is 35.3 Å². The Morgan fingerprint density at radius 2 is 2.46 bits per heavy atom. The number of hydrogen-bond acceptors (Lipinski definition) is 7. The van der Waals surface area contributed by atoms with Gasteiger partial charge in [0.15, 0.2) is 0 Å². The summed E-state index contributed by atoms with van der Waals surface area (Å²) in [5.74, 6) is 0.0128. The first-order valence-corrected chi connectivity index (χ1v) is 10.2. The number of carboxylic acids is 1. The number of β-lactam (4-membered cyclic amide) rings is 1. The second-order valence-corrected chi connectivity index (χ2v) is 8.22. The minimum absolute atomic E-state index is 0.0636. The summed E-state index contributed by atoms with van der Waals surface area (Å²) in [7, 11) is 2.03. The lowest BCUT2D eigenvalue weighted by Crippen LogP contribution is -2.68. The molecule has 0 radical (unpaired) electrons. The molecule has 10 heteroatoms. The lowest BCUT2D eigenvalue weighted by Gasteiger charge is -2.47. The molecule has 8 nitrogen and oxygen atoms in total. The number of rotatable bonds is 8. The Balaban J connectivity index is 1.52. The first-order chi connectivity index (χ1) is 12.5. The maximum absolute atomic E-state index is 11.9. The van der Waals surface area contributed by atoms with Crippen LogP contribution in [-0.4, -0.2) is 73.3 Å². The van der Waals surface area contributed by atoms with Crippen LogP contribution in [0.5, 0.6) is 0 Å². The number of carboxylic acid groups (broad SMARTS) is 1. The second-order valence-electron chi connectivity index (χ2n) is 6.10. The summed E-state index contributed by atoms with van der Waals surface area (Å²) in [6.45, 7) is 1.68. The summed E-state index contributed by atoms with van der Waals surface area (Å²) < 4.78 is 0. The number of thioether (sulfide) groups is 2. The highest BCUT2D eigenvalue weighted by molar-refractivity contribution is 8.02. The second kappa shape index (κ2) is 8.30. The van der Waals surface area contributed by atoms with Crippen molar-refractivity contribution in [3.63, 3.8) is 0 Å². The minimum Gasteiger partial charge on any atom is -0.477 e. The third-order valence-electron chi connectivity index (χ3n) is 4.19. The topological polar surface area (TPSA) is 116 Å². The van der Waals surface area contributed by atoms with Crippen molar-refractivity contribution >= 4 is 35.4 Å². The molecular formula is C16H21N5O3S2. The molecule has 1 aromatic heterocycles. The lowest BCUT2D eigenvalue weighted by atomic mass is 10.0. The number of imidazole rings is 1. The standard InChI is InChI=1S/C16H21N5O3S2/c1-20(7-11-6-18-9-19-11)3-5-25-4-2-10-8-26-15-12(17)14(22)21(15)13(10)16(23)24/h2,4,6,9,12,15H,3,5,7-8,17H2,1H3,(H,18,19)(H,23,24)/t12-,15-/m1/s1. The van der Waals surface area contributed by atoms with Gasteiger partial charge in [-0.3, -0.25) is 14.6 Å². The number of allylic oxidation sites excluding steroid dienone is 1. The number of hydrogen-bond donors (Lipinski definition) is 3. The average Bonchev–Trinajstić information content (AvgIpc) is 3.12. The number of aliphatic carboxylic acids is 1. The summed E-state index contributed by atoms with van der Waals surface area (Å²) in [5.41, 5.74) is 7.52. The Labute approximate surface area is 159 Å². The SMILES string of the molecule is CN(CCSC=CC1=C(C(=O)O)N2C(=O)[C@@H](N)[C@H]2SC1)Cc1cnc[nH]1. The minimum atomic E-state index is -1.08. The molecule has 0 saturated carbocycles. The van der Waals surface area contributed by atoms with Gasteiger partial charge >= 0.3 is 5.97 Å². The fourth-order valence-electron chi connectivity index (χ4n) is 2.82. The number of carbonyl (C=O) groups is 2. The van der Waals surface area contributed by atoms with Gasteiger partial charge in [-0.25, -0.2) is 9.78 Å². The molecule has 1 amide bonds. The Hall–Kier alpha value is -1.75. The molecule has 0 unspecified atom stereocenters. The van der Waals surface area contributed by atoms with Crippen molar-refractivity contribution in [3.8, 4) is 0 Å². The molecule has 2 aliphatic rings. The van der Waals surface area contributed by atoms with E-state index in [1.54, 1.807) is 30.4 Å². The number of nitrogens with zero attached hydrogens (tertiary/aromatic N) is 3. The molecule has 26 heavy (non-hydrogen) atoms. The van der Waals surface area contributed by atoms with Gasteiger partial charge in [-0.2, -0.15) is 0 Å². The summed E-state index contributed by atoms with van der Waals surface area (Å²) in [6, 6.07) is -0.598. The Morgan fingerprint density at radius 3 is 3.15 bits per heavy atom. The quantitative estimate of drug-likeness (QED) is 0.434. The monoisotopic (exact) mass is 395 g/mol. The first-order valence-electron chi connectivity index (χ1n) is 8.09. The van der Waals surface area contributed by atoms with Gasteiger partial charge in [0.05, 0.1) is 6.33 Å². The predicted molar refractivity (Wildman–Crippen MR) is 102 cm³/mol. The Kier molecular flexibility index (Phi) is 6.07. The number of amides is 1. The van der Waals surface area contributed by atoms with Crippen LogP contribution in [0.4, 0.5) is 0 Å².